The Labute approximate surface area is 136 Å². The lowest BCUT2D eigenvalue weighted by Gasteiger charge is -2.25. The van der Waals surface area contributed by atoms with E-state index in [4.69, 9.17) is 44.3 Å². The second-order valence-corrected chi connectivity index (χ2v) is 8.43. The van der Waals surface area contributed by atoms with E-state index in [0.29, 0.717) is 13.2 Å². The monoisotopic (exact) mass is 356 g/mol. The second kappa shape index (κ2) is 7.51. The van der Waals surface area contributed by atoms with Crippen molar-refractivity contribution in [2.75, 3.05) is 26.9 Å². The van der Waals surface area contributed by atoms with Crippen LogP contribution in [0, 0.1) is 0 Å². The maximum atomic E-state index is 5.89. The van der Waals surface area contributed by atoms with Gasteiger partial charge in [-0.3, -0.25) is 0 Å². The van der Waals surface area contributed by atoms with Gasteiger partial charge in [0.05, 0.1) is 19.8 Å². The summed E-state index contributed by atoms with van der Waals surface area (Å²) in [4.78, 5) is 0. The number of hydrogen-bond acceptors (Lipinski definition) is 8. The topological polar surface area (TPSA) is 64.6 Å². The summed E-state index contributed by atoms with van der Waals surface area (Å²) in [6, 6.07) is 0. The van der Waals surface area contributed by atoms with Gasteiger partial charge in [-0.05, 0) is 39.5 Å². The minimum Gasteiger partial charge on any atom is -0.353 e. The van der Waals surface area contributed by atoms with Gasteiger partial charge in [0.1, 0.15) is 18.3 Å². The molecule has 2 rings (SSSR count). The first-order valence-electron chi connectivity index (χ1n) is 7.41. The van der Waals surface area contributed by atoms with Crippen LogP contribution in [-0.4, -0.2) is 57.3 Å². The van der Waals surface area contributed by atoms with Crippen molar-refractivity contribution in [1.82, 2.24) is 0 Å². The maximum Gasteiger partial charge on any atom is 0.327 e. The van der Waals surface area contributed by atoms with Gasteiger partial charge in [-0.25, -0.2) is 0 Å². The van der Waals surface area contributed by atoms with Crippen molar-refractivity contribution in [1.29, 1.82) is 0 Å². The van der Waals surface area contributed by atoms with E-state index >= 15 is 0 Å². The first-order valence-corrected chi connectivity index (χ1v) is 9.97. The highest BCUT2D eigenvalue weighted by molar-refractivity contribution is 8.07. The number of hydrogen-bond donors (Lipinski definition) is 0. The fourth-order valence-corrected chi connectivity index (χ4v) is 4.56. The number of ether oxygens (including phenoxy) is 4. The molecule has 0 saturated carbocycles. The molecule has 0 N–H and O–H groups in total. The molecular formula is C13H25O7PS. The first-order chi connectivity index (χ1) is 10.3. The summed E-state index contributed by atoms with van der Waals surface area (Å²) in [7, 11) is 1.57. The lowest BCUT2D eigenvalue weighted by atomic mass is 10.1. The Morgan fingerprint density at radius 1 is 1.05 bits per heavy atom. The molecule has 0 amide bonds. The summed E-state index contributed by atoms with van der Waals surface area (Å²) >= 11 is 5.34. The molecule has 2 fully saturated rings. The van der Waals surface area contributed by atoms with E-state index in [-0.39, 0.29) is 24.9 Å². The molecule has 0 bridgehead atoms. The first kappa shape index (κ1) is 18.7. The zero-order valence-corrected chi connectivity index (χ0v) is 15.4. The van der Waals surface area contributed by atoms with Crippen LogP contribution in [-0.2, 0) is 44.3 Å². The Hall–Kier alpha value is 0.370. The van der Waals surface area contributed by atoms with Crippen LogP contribution in [0.5, 0.6) is 0 Å². The molecule has 2 heterocycles. The van der Waals surface area contributed by atoms with Crippen LogP contribution in [0.4, 0.5) is 0 Å². The maximum absolute atomic E-state index is 5.89. The third kappa shape index (κ3) is 4.26. The van der Waals surface area contributed by atoms with Crippen molar-refractivity contribution >= 4 is 18.5 Å². The summed E-state index contributed by atoms with van der Waals surface area (Å²) in [6.45, 7) is 5.74. The number of fused-ring (bicyclic) bond motifs is 1. The van der Waals surface area contributed by atoms with Crippen LogP contribution in [0.3, 0.4) is 0 Å². The third-order valence-electron chi connectivity index (χ3n) is 3.31. The van der Waals surface area contributed by atoms with Gasteiger partial charge >= 0.3 is 6.72 Å². The Morgan fingerprint density at radius 2 is 1.64 bits per heavy atom. The molecule has 4 unspecified atom stereocenters. The normalized spacial score (nSPS) is 34.0. The molecule has 0 aromatic rings. The highest BCUT2D eigenvalue weighted by Gasteiger charge is 2.55. The fraction of sp³-hybridized carbons (Fsp3) is 1.00. The van der Waals surface area contributed by atoms with Crippen molar-refractivity contribution in [2.24, 2.45) is 0 Å². The smallest absolute Gasteiger partial charge is 0.327 e. The lowest BCUT2D eigenvalue weighted by molar-refractivity contribution is -0.229. The summed E-state index contributed by atoms with van der Waals surface area (Å²) in [5.74, 6) is -0.672. The molecule has 22 heavy (non-hydrogen) atoms. The van der Waals surface area contributed by atoms with E-state index < -0.39 is 18.8 Å². The van der Waals surface area contributed by atoms with Crippen LogP contribution in [0.2, 0.25) is 0 Å². The van der Waals surface area contributed by atoms with Crippen LogP contribution in [0.15, 0.2) is 0 Å². The summed E-state index contributed by atoms with van der Waals surface area (Å²) in [6.07, 6.45) is -1.39. The van der Waals surface area contributed by atoms with Crippen molar-refractivity contribution in [3.63, 3.8) is 0 Å². The predicted octanol–water partition coefficient (Wildman–Crippen LogP) is 2.19. The van der Waals surface area contributed by atoms with Crippen LogP contribution in [0.1, 0.15) is 27.7 Å². The van der Waals surface area contributed by atoms with Gasteiger partial charge in [-0.15, -0.1) is 0 Å². The van der Waals surface area contributed by atoms with E-state index in [2.05, 4.69) is 0 Å². The van der Waals surface area contributed by atoms with E-state index in [1.54, 1.807) is 7.11 Å². The molecule has 7 nitrogen and oxygen atoms in total. The minimum atomic E-state index is -2.75. The van der Waals surface area contributed by atoms with E-state index in [1.165, 1.54) is 0 Å². The van der Waals surface area contributed by atoms with Crippen LogP contribution < -0.4 is 0 Å². The van der Waals surface area contributed by atoms with Gasteiger partial charge in [0, 0.05) is 7.11 Å². The lowest BCUT2D eigenvalue weighted by Crippen LogP contribution is -2.32. The zero-order valence-electron chi connectivity index (χ0n) is 13.6. The fourth-order valence-electron chi connectivity index (χ4n) is 2.56. The molecule has 2 saturated heterocycles. The van der Waals surface area contributed by atoms with Gasteiger partial charge in [0.15, 0.2) is 12.1 Å². The van der Waals surface area contributed by atoms with Crippen molar-refractivity contribution in [2.45, 2.75) is 58.1 Å². The molecule has 0 aromatic carbocycles. The molecule has 0 radical (unpaired) electrons. The second-order valence-electron chi connectivity index (χ2n) is 5.42. The van der Waals surface area contributed by atoms with Crippen LogP contribution >= 0.6 is 6.72 Å². The standard InChI is InChI=1S/C13H25O7PS/c1-6-15-21(22,16-7-2)17-8-9-10-11(12(14-5)18-9)20-13(3,4)19-10/h9-12H,6-8H2,1-5H3. The Bertz CT molecular complexity index is 409. The Kier molecular flexibility index (Phi) is 6.38. The number of methoxy groups -OCH3 is 1. The van der Waals surface area contributed by atoms with Crippen LogP contribution in [0.25, 0.3) is 0 Å². The van der Waals surface area contributed by atoms with E-state index in [0.717, 1.165) is 0 Å². The Morgan fingerprint density at radius 3 is 2.18 bits per heavy atom. The SMILES string of the molecule is CCOP(=S)(OCC)OCC1OC(OC)C2OC(C)(C)OC12. The minimum absolute atomic E-state index is 0.206. The number of rotatable bonds is 8. The van der Waals surface area contributed by atoms with Gasteiger partial charge in [0.25, 0.3) is 0 Å². The molecule has 4 atom stereocenters. The molecule has 0 aliphatic carbocycles. The highest BCUT2D eigenvalue weighted by atomic mass is 32.5. The van der Waals surface area contributed by atoms with Gasteiger partial charge in [-0.1, -0.05) is 0 Å². The Balaban J connectivity index is 1.99. The average Bonchev–Trinajstić information content (AvgIpc) is 2.90. The van der Waals surface area contributed by atoms with Crippen molar-refractivity contribution in [3.05, 3.63) is 0 Å². The van der Waals surface area contributed by atoms with Gasteiger partial charge in [-0.2, -0.15) is 0 Å². The molecule has 0 spiro atoms. The predicted molar refractivity (Wildman–Crippen MR) is 83.0 cm³/mol. The highest BCUT2D eigenvalue weighted by Crippen LogP contribution is 2.50. The average molecular weight is 356 g/mol. The molecule has 2 aliphatic heterocycles. The molecule has 2 aliphatic rings. The molecular weight excluding hydrogens is 331 g/mol. The molecule has 130 valence electrons. The molecule has 9 heteroatoms. The van der Waals surface area contributed by atoms with E-state index in [1.807, 2.05) is 27.7 Å². The quantitative estimate of drug-likeness (QED) is 0.613. The summed E-state index contributed by atoms with van der Waals surface area (Å²) in [5, 5.41) is 0. The third-order valence-corrected chi connectivity index (χ3v) is 5.87. The largest absolute Gasteiger partial charge is 0.353 e. The summed E-state index contributed by atoms with van der Waals surface area (Å²) < 4.78 is 39.5. The van der Waals surface area contributed by atoms with E-state index in [9.17, 15) is 0 Å². The van der Waals surface area contributed by atoms with Gasteiger partial charge in [0.2, 0.25) is 0 Å². The van der Waals surface area contributed by atoms with Crippen molar-refractivity contribution < 1.29 is 32.5 Å². The van der Waals surface area contributed by atoms with Gasteiger partial charge < -0.3 is 32.5 Å². The zero-order chi connectivity index (χ0) is 16.4. The molecule has 0 aromatic heterocycles. The van der Waals surface area contributed by atoms with Crippen molar-refractivity contribution in [3.8, 4) is 0 Å². The summed E-state index contributed by atoms with van der Waals surface area (Å²) in [5.41, 5.74) is 0.